The van der Waals surface area contributed by atoms with Crippen molar-refractivity contribution in [3.05, 3.63) is 0 Å². The van der Waals surface area contributed by atoms with Crippen molar-refractivity contribution < 1.29 is 0 Å². The van der Waals surface area contributed by atoms with Gasteiger partial charge in [-0.15, -0.1) is 0 Å². The summed E-state index contributed by atoms with van der Waals surface area (Å²) in [5, 5.41) is 0. The lowest BCUT2D eigenvalue weighted by atomic mass is 9.96. The summed E-state index contributed by atoms with van der Waals surface area (Å²) in [6, 6.07) is 0. The Hall–Kier alpha value is 0.315. The second-order valence-corrected chi connectivity index (χ2v) is 2.17. The van der Waals surface area contributed by atoms with Crippen LogP contribution in [0.1, 0.15) is 0 Å². The Balaban J connectivity index is 2.99. The summed E-state index contributed by atoms with van der Waals surface area (Å²) in [4.78, 5) is 1.93. The van der Waals surface area contributed by atoms with Crippen molar-refractivity contribution in [1.29, 1.82) is 0 Å². The van der Waals surface area contributed by atoms with E-state index in [4.69, 9.17) is 11.5 Å². The maximum Gasteiger partial charge on any atom is 0.327 e. The summed E-state index contributed by atoms with van der Waals surface area (Å²) < 4.78 is 0. The van der Waals surface area contributed by atoms with Gasteiger partial charge in [-0.1, -0.05) is 6.82 Å². The van der Waals surface area contributed by atoms with E-state index in [1.165, 1.54) is 0 Å². The number of nitrogens with zero attached hydrogens (tertiary/aromatic N) is 1. The minimum Gasteiger partial charge on any atom is -0.334 e. The van der Waals surface area contributed by atoms with Crippen molar-refractivity contribution in [2.24, 2.45) is 0 Å². The van der Waals surface area contributed by atoms with Crippen molar-refractivity contribution in [3.8, 4) is 0 Å². The molecular formula is C3H9BClN. The van der Waals surface area contributed by atoms with Gasteiger partial charge in [0.05, 0.1) is 0 Å². The second-order valence-electron chi connectivity index (χ2n) is 1.54. The first-order valence-corrected chi connectivity index (χ1v) is 2.38. The Morgan fingerprint density at radius 2 is 1.67 bits per heavy atom. The molecule has 0 aromatic rings. The van der Waals surface area contributed by atoms with Gasteiger partial charge in [0.25, 0.3) is 0 Å². The van der Waals surface area contributed by atoms with Crippen molar-refractivity contribution >= 4 is 17.7 Å². The van der Waals surface area contributed by atoms with Crippen LogP contribution in [0.25, 0.3) is 0 Å². The number of hydrogen-bond donors (Lipinski definition) is 0. The van der Waals surface area contributed by atoms with Gasteiger partial charge < -0.3 is 4.81 Å². The van der Waals surface area contributed by atoms with Gasteiger partial charge >= 0.3 is 6.26 Å². The Kier molecular flexibility index (Phi) is 2.61. The third-order valence-corrected chi connectivity index (χ3v) is 1.10. The first-order chi connectivity index (χ1) is 2.64. The van der Waals surface area contributed by atoms with Crippen molar-refractivity contribution in [1.82, 2.24) is 4.81 Å². The molecule has 0 amide bonds. The molecule has 36 valence electrons. The molecule has 0 aliphatic carbocycles. The van der Waals surface area contributed by atoms with Gasteiger partial charge in [-0.25, -0.2) is 0 Å². The topological polar surface area (TPSA) is 3.24 Å². The highest BCUT2D eigenvalue weighted by Gasteiger charge is 2.01. The summed E-state index contributed by atoms with van der Waals surface area (Å²) >= 11 is 5.54. The van der Waals surface area contributed by atoms with Crippen LogP contribution < -0.4 is 0 Å². The smallest absolute Gasteiger partial charge is 0.327 e. The standard InChI is InChI=1S/C3H9BClN/c1-4(5)6(2)3/h1-3H3. The van der Waals surface area contributed by atoms with Crippen LogP contribution in [0.2, 0.25) is 6.82 Å². The third-order valence-electron chi connectivity index (χ3n) is 0.712. The zero-order valence-electron chi connectivity index (χ0n) is 4.40. The summed E-state index contributed by atoms with van der Waals surface area (Å²) in [7, 11) is 3.88. The fourth-order valence-corrected chi connectivity index (χ4v) is 0. The Bertz CT molecular complexity index is 31.8. The van der Waals surface area contributed by atoms with Crippen LogP contribution >= 0.6 is 11.5 Å². The zero-order chi connectivity index (χ0) is 5.15. The summed E-state index contributed by atoms with van der Waals surface area (Å²) in [5.74, 6) is 0. The highest BCUT2D eigenvalue weighted by Crippen LogP contribution is 1.88. The van der Waals surface area contributed by atoms with E-state index in [0.29, 0.717) is 0 Å². The lowest BCUT2D eigenvalue weighted by molar-refractivity contribution is 0.658. The van der Waals surface area contributed by atoms with E-state index in [0.717, 1.165) is 0 Å². The molecule has 0 N–H and O–H groups in total. The van der Waals surface area contributed by atoms with E-state index in [1.54, 1.807) is 0 Å². The lowest BCUT2D eigenvalue weighted by Gasteiger charge is -2.06. The van der Waals surface area contributed by atoms with E-state index in [-0.39, 0.29) is 6.26 Å². The predicted octanol–water partition coefficient (Wildman–Crippen LogP) is 0.905. The van der Waals surface area contributed by atoms with Crippen LogP contribution in [-0.4, -0.2) is 25.2 Å². The van der Waals surface area contributed by atoms with Crippen LogP contribution in [0, 0.1) is 0 Å². The molecule has 0 aromatic carbocycles. The average Bonchev–Trinajstić information content (AvgIpc) is 1.36. The molecule has 0 rings (SSSR count). The molecule has 0 heterocycles. The Labute approximate surface area is 44.3 Å². The van der Waals surface area contributed by atoms with Gasteiger partial charge in [0.15, 0.2) is 0 Å². The summed E-state index contributed by atoms with van der Waals surface area (Å²) in [6.07, 6.45) is 0.157. The molecule has 0 radical (unpaired) electrons. The van der Waals surface area contributed by atoms with Gasteiger partial charge in [0.2, 0.25) is 0 Å². The monoisotopic (exact) mass is 105 g/mol. The molecule has 0 aliphatic rings. The molecule has 0 aromatic heterocycles. The molecule has 0 atom stereocenters. The molecule has 0 bridgehead atoms. The average molecular weight is 105 g/mol. The minimum atomic E-state index is 0.157. The molecular weight excluding hydrogens is 96.3 g/mol. The molecule has 3 heteroatoms. The van der Waals surface area contributed by atoms with Gasteiger partial charge in [-0.2, -0.15) is 11.5 Å². The first-order valence-electron chi connectivity index (χ1n) is 1.95. The van der Waals surface area contributed by atoms with E-state index in [2.05, 4.69) is 0 Å². The van der Waals surface area contributed by atoms with Crippen molar-refractivity contribution in [3.63, 3.8) is 0 Å². The second kappa shape index (κ2) is 2.48. The fraction of sp³-hybridized carbons (Fsp3) is 1.00. The summed E-state index contributed by atoms with van der Waals surface area (Å²) in [6.45, 7) is 1.93. The number of halogens is 1. The minimum absolute atomic E-state index is 0.157. The quantitative estimate of drug-likeness (QED) is 0.448. The Morgan fingerprint density at radius 1 is 1.50 bits per heavy atom. The van der Waals surface area contributed by atoms with Gasteiger partial charge in [0, 0.05) is 0 Å². The van der Waals surface area contributed by atoms with Crippen LogP contribution in [0.15, 0.2) is 0 Å². The zero-order valence-corrected chi connectivity index (χ0v) is 5.16. The molecule has 0 spiro atoms. The van der Waals surface area contributed by atoms with Crippen LogP contribution in [0.3, 0.4) is 0 Å². The largest absolute Gasteiger partial charge is 0.334 e. The third kappa shape index (κ3) is 2.55. The summed E-state index contributed by atoms with van der Waals surface area (Å²) in [5.41, 5.74) is 0. The van der Waals surface area contributed by atoms with Crippen molar-refractivity contribution in [2.75, 3.05) is 14.1 Å². The molecule has 0 fully saturated rings. The predicted molar refractivity (Wildman–Crippen MR) is 31.2 cm³/mol. The number of hydrogen-bond acceptors (Lipinski definition) is 1. The normalized spacial score (nSPS) is 9.50. The van der Waals surface area contributed by atoms with E-state index in [9.17, 15) is 0 Å². The van der Waals surface area contributed by atoms with Crippen LogP contribution in [0.4, 0.5) is 0 Å². The molecule has 6 heavy (non-hydrogen) atoms. The molecule has 0 saturated heterocycles. The first kappa shape index (κ1) is 6.31. The van der Waals surface area contributed by atoms with E-state index < -0.39 is 0 Å². The maximum atomic E-state index is 5.54. The van der Waals surface area contributed by atoms with E-state index in [1.807, 2.05) is 25.7 Å². The van der Waals surface area contributed by atoms with Gasteiger partial charge in [0.1, 0.15) is 0 Å². The molecule has 0 saturated carbocycles. The van der Waals surface area contributed by atoms with Crippen molar-refractivity contribution in [2.45, 2.75) is 6.82 Å². The SMILES string of the molecule is CB(Cl)N(C)C. The maximum absolute atomic E-state index is 5.54. The van der Waals surface area contributed by atoms with Gasteiger partial charge in [-0.05, 0) is 14.1 Å². The molecule has 1 nitrogen and oxygen atoms in total. The molecule has 0 unspecified atom stereocenters. The highest BCUT2D eigenvalue weighted by molar-refractivity contribution is 7.04. The Morgan fingerprint density at radius 3 is 1.67 bits per heavy atom. The van der Waals surface area contributed by atoms with Crippen LogP contribution in [0.5, 0.6) is 0 Å². The van der Waals surface area contributed by atoms with Gasteiger partial charge in [-0.3, -0.25) is 0 Å². The fourth-order valence-electron chi connectivity index (χ4n) is 0. The lowest BCUT2D eigenvalue weighted by Crippen LogP contribution is -2.22. The highest BCUT2D eigenvalue weighted by atomic mass is 35.5. The number of rotatable bonds is 1. The van der Waals surface area contributed by atoms with E-state index >= 15 is 0 Å². The molecule has 0 aliphatic heterocycles. The van der Waals surface area contributed by atoms with Crippen LogP contribution in [-0.2, 0) is 0 Å².